The van der Waals surface area contributed by atoms with E-state index in [1.165, 1.54) is 13.2 Å². The Morgan fingerprint density at radius 2 is 1.50 bits per heavy atom. The summed E-state index contributed by atoms with van der Waals surface area (Å²) in [4.78, 5) is 25.4. The van der Waals surface area contributed by atoms with Gasteiger partial charge in [0.15, 0.2) is 0 Å². The molecule has 0 spiro atoms. The van der Waals surface area contributed by atoms with Gasteiger partial charge in [0.25, 0.3) is 11.8 Å². The molecule has 2 N–H and O–H groups in total. The van der Waals surface area contributed by atoms with Crippen molar-refractivity contribution in [2.24, 2.45) is 0 Å². The molecule has 166 valence electrons. The number of benzene rings is 3. The number of rotatable bonds is 8. The monoisotopic (exact) mass is 472 g/mol. The van der Waals surface area contributed by atoms with Crippen LogP contribution in [0, 0.1) is 0 Å². The predicted molar refractivity (Wildman–Crippen MR) is 125 cm³/mol. The normalized spacial score (nSPS) is 10.4. The van der Waals surface area contributed by atoms with E-state index >= 15 is 0 Å². The smallest absolute Gasteiger partial charge is 0.255 e. The third kappa shape index (κ3) is 5.93. The Bertz CT molecular complexity index is 1130. The number of carbonyl (C=O) groups is 2. The first-order valence-corrected chi connectivity index (χ1v) is 10.5. The average molecular weight is 473 g/mol. The molecular weight excluding hydrogens is 451 g/mol. The van der Waals surface area contributed by atoms with E-state index in [0.717, 1.165) is 11.1 Å². The zero-order valence-corrected chi connectivity index (χ0v) is 19.1. The van der Waals surface area contributed by atoms with Gasteiger partial charge in [-0.2, -0.15) is 0 Å². The molecule has 0 unspecified atom stereocenters. The van der Waals surface area contributed by atoms with Crippen molar-refractivity contribution in [2.45, 2.75) is 13.1 Å². The summed E-state index contributed by atoms with van der Waals surface area (Å²) < 4.78 is 10.5. The van der Waals surface area contributed by atoms with E-state index in [1.807, 2.05) is 24.3 Å². The van der Waals surface area contributed by atoms with E-state index in [4.69, 9.17) is 32.7 Å². The van der Waals surface area contributed by atoms with Gasteiger partial charge in [0.2, 0.25) is 0 Å². The van der Waals surface area contributed by atoms with Crippen LogP contribution in [0.1, 0.15) is 31.8 Å². The van der Waals surface area contributed by atoms with Crippen molar-refractivity contribution < 1.29 is 19.1 Å². The van der Waals surface area contributed by atoms with Gasteiger partial charge in [0.05, 0.1) is 29.8 Å². The van der Waals surface area contributed by atoms with E-state index in [1.54, 1.807) is 37.4 Å². The van der Waals surface area contributed by atoms with Crippen LogP contribution in [0.3, 0.4) is 0 Å². The molecule has 0 radical (unpaired) electrons. The highest BCUT2D eigenvalue weighted by Crippen LogP contribution is 2.23. The van der Waals surface area contributed by atoms with Crippen molar-refractivity contribution in [2.75, 3.05) is 14.2 Å². The summed E-state index contributed by atoms with van der Waals surface area (Å²) in [7, 11) is 3.05. The zero-order valence-electron chi connectivity index (χ0n) is 17.6. The van der Waals surface area contributed by atoms with Crippen LogP contribution in [0.4, 0.5) is 0 Å². The quantitative estimate of drug-likeness (QED) is 0.490. The Balaban J connectivity index is 1.70. The van der Waals surface area contributed by atoms with Crippen LogP contribution in [-0.4, -0.2) is 26.0 Å². The molecule has 0 fully saturated rings. The van der Waals surface area contributed by atoms with Gasteiger partial charge in [-0.1, -0.05) is 41.4 Å². The number of methoxy groups -OCH3 is 2. The fourth-order valence-corrected chi connectivity index (χ4v) is 3.34. The van der Waals surface area contributed by atoms with E-state index in [9.17, 15) is 9.59 Å². The van der Waals surface area contributed by atoms with E-state index in [0.29, 0.717) is 33.7 Å². The Kier molecular flexibility index (Phi) is 7.98. The predicted octanol–water partition coefficient (Wildman–Crippen LogP) is 4.87. The number of ether oxygens (including phenoxy) is 2. The lowest BCUT2D eigenvalue weighted by molar-refractivity contribution is 0.0948. The van der Waals surface area contributed by atoms with Crippen LogP contribution in [0.25, 0.3) is 0 Å². The first-order chi connectivity index (χ1) is 15.4. The van der Waals surface area contributed by atoms with Gasteiger partial charge in [-0.25, -0.2) is 0 Å². The molecule has 32 heavy (non-hydrogen) atoms. The number of hydrogen-bond acceptors (Lipinski definition) is 4. The minimum Gasteiger partial charge on any atom is -0.497 e. The third-order valence-electron chi connectivity index (χ3n) is 4.73. The lowest BCUT2D eigenvalue weighted by atomic mass is 10.1. The fraction of sp³-hybridized carbons (Fsp3) is 0.167. The summed E-state index contributed by atoms with van der Waals surface area (Å²) >= 11 is 12.0. The summed E-state index contributed by atoms with van der Waals surface area (Å²) in [5, 5.41) is 6.50. The molecule has 0 aromatic heterocycles. The van der Waals surface area contributed by atoms with E-state index in [2.05, 4.69) is 10.6 Å². The van der Waals surface area contributed by atoms with Crippen molar-refractivity contribution >= 4 is 35.0 Å². The Hall–Kier alpha value is -3.22. The lowest BCUT2D eigenvalue weighted by Crippen LogP contribution is -2.26. The minimum absolute atomic E-state index is 0.241. The second-order valence-corrected chi connectivity index (χ2v) is 7.69. The highest BCUT2D eigenvalue weighted by atomic mass is 35.5. The van der Waals surface area contributed by atoms with Gasteiger partial charge in [-0.05, 0) is 53.6 Å². The van der Waals surface area contributed by atoms with Crippen molar-refractivity contribution in [1.82, 2.24) is 10.6 Å². The zero-order chi connectivity index (χ0) is 23.1. The molecule has 3 rings (SSSR count). The highest BCUT2D eigenvalue weighted by Gasteiger charge is 2.16. The lowest BCUT2D eigenvalue weighted by Gasteiger charge is -2.12. The van der Waals surface area contributed by atoms with Crippen LogP contribution in [0.5, 0.6) is 11.5 Å². The summed E-state index contributed by atoms with van der Waals surface area (Å²) in [5.41, 5.74) is 2.28. The number of carbonyl (C=O) groups excluding carboxylic acids is 2. The van der Waals surface area contributed by atoms with Gasteiger partial charge in [-0.3, -0.25) is 9.59 Å². The van der Waals surface area contributed by atoms with Gasteiger partial charge < -0.3 is 20.1 Å². The molecule has 2 amide bonds. The molecule has 8 heteroatoms. The number of hydrogen-bond donors (Lipinski definition) is 2. The standard InChI is InChI=1S/C24H22Cl2N2O4/c1-31-18-5-3-4-15(10-18)13-27-23(29)17-7-9-22(32-2)19(12-17)24(30)28-14-16-6-8-20(25)21(26)11-16/h3-12H,13-14H2,1-2H3,(H,27,29)(H,28,30). The minimum atomic E-state index is -0.379. The first kappa shape index (κ1) is 23.4. The highest BCUT2D eigenvalue weighted by molar-refractivity contribution is 6.42. The first-order valence-electron chi connectivity index (χ1n) is 9.72. The van der Waals surface area contributed by atoms with Crippen molar-refractivity contribution in [3.8, 4) is 11.5 Å². The molecule has 0 heterocycles. The molecule has 6 nitrogen and oxygen atoms in total. The van der Waals surface area contributed by atoms with Gasteiger partial charge in [0, 0.05) is 18.7 Å². The van der Waals surface area contributed by atoms with Gasteiger partial charge in [-0.15, -0.1) is 0 Å². The molecule has 0 saturated carbocycles. The number of nitrogens with one attached hydrogen (secondary N) is 2. The number of amides is 2. The van der Waals surface area contributed by atoms with Crippen molar-refractivity contribution in [3.63, 3.8) is 0 Å². The topological polar surface area (TPSA) is 76.7 Å². The Labute approximate surface area is 196 Å². The summed E-state index contributed by atoms with van der Waals surface area (Å²) in [5.74, 6) is 0.382. The molecule has 0 saturated heterocycles. The molecule has 0 aliphatic heterocycles. The maximum absolute atomic E-state index is 12.8. The summed E-state index contributed by atoms with van der Waals surface area (Å²) in [6.07, 6.45) is 0. The largest absolute Gasteiger partial charge is 0.497 e. The van der Waals surface area contributed by atoms with Crippen LogP contribution in [0.15, 0.2) is 60.7 Å². The molecule has 0 atom stereocenters. The second kappa shape index (κ2) is 10.9. The third-order valence-corrected chi connectivity index (χ3v) is 5.47. The molecule has 3 aromatic rings. The van der Waals surface area contributed by atoms with E-state index < -0.39 is 0 Å². The molecule has 0 bridgehead atoms. The molecule has 3 aromatic carbocycles. The summed E-state index contributed by atoms with van der Waals surface area (Å²) in [6.45, 7) is 0.562. The van der Waals surface area contributed by atoms with E-state index in [-0.39, 0.29) is 23.9 Å². The average Bonchev–Trinajstić information content (AvgIpc) is 2.82. The fourth-order valence-electron chi connectivity index (χ4n) is 3.02. The Morgan fingerprint density at radius 1 is 0.781 bits per heavy atom. The molecular formula is C24H22Cl2N2O4. The van der Waals surface area contributed by atoms with Crippen LogP contribution >= 0.6 is 23.2 Å². The molecule has 0 aliphatic carbocycles. The summed E-state index contributed by atoms with van der Waals surface area (Å²) in [6, 6.07) is 17.2. The second-order valence-electron chi connectivity index (χ2n) is 6.88. The van der Waals surface area contributed by atoms with Gasteiger partial charge >= 0.3 is 0 Å². The van der Waals surface area contributed by atoms with Crippen molar-refractivity contribution in [1.29, 1.82) is 0 Å². The van der Waals surface area contributed by atoms with Crippen LogP contribution < -0.4 is 20.1 Å². The van der Waals surface area contributed by atoms with Crippen LogP contribution in [0.2, 0.25) is 10.0 Å². The van der Waals surface area contributed by atoms with Gasteiger partial charge in [0.1, 0.15) is 11.5 Å². The van der Waals surface area contributed by atoms with Crippen molar-refractivity contribution in [3.05, 3.63) is 93.0 Å². The number of halogens is 2. The Morgan fingerprint density at radius 3 is 2.19 bits per heavy atom. The molecule has 0 aliphatic rings. The SMILES string of the molecule is COc1cccc(CNC(=O)c2ccc(OC)c(C(=O)NCc3ccc(Cl)c(Cl)c3)c2)c1. The maximum Gasteiger partial charge on any atom is 0.255 e. The maximum atomic E-state index is 12.8. The van der Waals surface area contributed by atoms with Crippen LogP contribution in [-0.2, 0) is 13.1 Å².